The molecule has 0 radical (unpaired) electrons. The fourth-order valence-electron chi connectivity index (χ4n) is 2.37. The Balaban J connectivity index is 2.05. The summed E-state index contributed by atoms with van der Waals surface area (Å²) in [5.74, 6) is 0.141. The molecular weight excluding hydrogens is 214 g/mol. The third-order valence-corrected chi connectivity index (χ3v) is 3.44. The molecule has 0 bridgehead atoms. The molecule has 17 heavy (non-hydrogen) atoms. The van der Waals surface area contributed by atoms with Crippen molar-refractivity contribution >= 4 is 5.91 Å². The van der Waals surface area contributed by atoms with Gasteiger partial charge in [0.15, 0.2) is 0 Å². The van der Waals surface area contributed by atoms with Gasteiger partial charge >= 0.3 is 0 Å². The van der Waals surface area contributed by atoms with Gasteiger partial charge in [0.1, 0.15) is 0 Å². The van der Waals surface area contributed by atoms with Crippen LogP contribution in [0.4, 0.5) is 0 Å². The molecule has 1 amide bonds. The Morgan fingerprint density at radius 3 is 2.71 bits per heavy atom. The Morgan fingerprint density at radius 2 is 2.12 bits per heavy atom. The molecule has 1 fully saturated rings. The smallest absolute Gasteiger partial charge is 0.224 e. The number of hydrogen-bond acceptors (Lipinski definition) is 3. The van der Waals surface area contributed by atoms with Crippen molar-refractivity contribution in [3.8, 4) is 0 Å². The molecule has 1 heterocycles. The Hall–Kier alpha value is -0.610. The monoisotopic (exact) mass is 241 g/mol. The van der Waals surface area contributed by atoms with Crippen LogP contribution >= 0.6 is 0 Å². The normalized spacial score (nSPS) is 18.2. The summed E-state index contributed by atoms with van der Waals surface area (Å²) in [5, 5.41) is 3.00. The van der Waals surface area contributed by atoms with Gasteiger partial charge in [0, 0.05) is 13.1 Å². The van der Waals surface area contributed by atoms with Crippen molar-refractivity contribution < 1.29 is 4.79 Å². The minimum atomic E-state index is 0.00628. The van der Waals surface area contributed by atoms with Crippen LogP contribution in [-0.4, -0.2) is 43.5 Å². The van der Waals surface area contributed by atoms with E-state index in [1.54, 1.807) is 0 Å². The zero-order chi connectivity index (χ0) is 12.5. The molecule has 1 unspecified atom stereocenters. The lowest BCUT2D eigenvalue weighted by atomic mass is 10.0. The van der Waals surface area contributed by atoms with Crippen LogP contribution in [0.3, 0.4) is 0 Å². The average molecular weight is 241 g/mol. The lowest BCUT2D eigenvalue weighted by molar-refractivity contribution is -0.124. The third-order valence-electron chi connectivity index (χ3n) is 3.44. The topological polar surface area (TPSA) is 58.4 Å². The lowest BCUT2D eigenvalue weighted by Crippen LogP contribution is -2.36. The molecule has 1 saturated heterocycles. The van der Waals surface area contributed by atoms with Crippen LogP contribution in [0.15, 0.2) is 0 Å². The third kappa shape index (κ3) is 5.50. The van der Waals surface area contributed by atoms with Gasteiger partial charge in [-0.1, -0.05) is 13.3 Å². The highest BCUT2D eigenvalue weighted by Gasteiger charge is 2.15. The molecular formula is C13H27N3O. The summed E-state index contributed by atoms with van der Waals surface area (Å²) in [6, 6.07) is 0. The van der Waals surface area contributed by atoms with Gasteiger partial charge < -0.3 is 16.0 Å². The quantitative estimate of drug-likeness (QED) is 0.622. The summed E-state index contributed by atoms with van der Waals surface area (Å²) in [4.78, 5) is 14.2. The van der Waals surface area contributed by atoms with Gasteiger partial charge in [-0.05, 0) is 45.3 Å². The fourth-order valence-corrected chi connectivity index (χ4v) is 2.37. The predicted octanol–water partition coefficient (Wildman–Crippen LogP) is 0.964. The van der Waals surface area contributed by atoms with Crippen LogP contribution in [0.25, 0.3) is 0 Å². The Labute approximate surface area is 105 Å². The zero-order valence-electron chi connectivity index (χ0n) is 11.1. The average Bonchev–Trinajstić information content (AvgIpc) is 2.84. The maximum Gasteiger partial charge on any atom is 0.224 e. The Bertz CT molecular complexity index is 215. The van der Waals surface area contributed by atoms with Crippen LogP contribution in [0.5, 0.6) is 0 Å². The van der Waals surface area contributed by atoms with Crippen molar-refractivity contribution in [1.82, 2.24) is 10.2 Å². The minimum absolute atomic E-state index is 0.00628. The van der Waals surface area contributed by atoms with E-state index in [1.807, 2.05) is 0 Å². The van der Waals surface area contributed by atoms with Crippen molar-refractivity contribution in [2.75, 3.05) is 32.7 Å². The van der Waals surface area contributed by atoms with Gasteiger partial charge in [0.2, 0.25) is 5.91 Å². The molecule has 1 aliphatic rings. The zero-order valence-corrected chi connectivity index (χ0v) is 11.1. The van der Waals surface area contributed by atoms with Crippen molar-refractivity contribution in [2.45, 2.75) is 39.0 Å². The molecule has 4 heteroatoms. The van der Waals surface area contributed by atoms with Crippen molar-refractivity contribution in [1.29, 1.82) is 0 Å². The van der Waals surface area contributed by atoms with Gasteiger partial charge in [0.25, 0.3) is 0 Å². The molecule has 3 N–H and O–H groups in total. The summed E-state index contributed by atoms with van der Waals surface area (Å²) >= 11 is 0. The standard InChI is InChI=1S/C13H27N3O/c1-2-6-12(11-14)13(17)15-7-5-10-16-8-3-4-9-16/h12H,2-11,14H2,1H3,(H,15,17). The number of amides is 1. The van der Waals surface area contributed by atoms with E-state index < -0.39 is 0 Å². The summed E-state index contributed by atoms with van der Waals surface area (Å²) in [7, 11) is 0. The molecule has 0 spiro atoms. The highest BCUT2D eigenvalue weighted by atomic mass is 16.1. The van der Waals surface area contributed by atoms with Crippen LogP contribution in [-0.2, 0) is 4.79 Å². The highest BCUT2D eigenvalue weighted by molar-refractivity contribution is 5.78. The number of carbonyl (C=O) groups is 1. The second kappa shape index (κ2) is 8.48. The van der Waals surface area contributed by atoms with Crippen molar-refractivity contribution in [3.05, 3.63) is 0 Å². The van der Waals surface area contributed by atoms with E-state index in [-0.39, 0.29) is 11.8 Å². The largest absolute Gasteiger partial charge is 0.356 e. The van der Waals surface area contributed by atoms with Gasteiger partial charge in [-0.25, -0.2) is 0 Å². The number of nitrogens with one attached hydrogen (secondary N) is 1. The van der Waals surface area contributed by atoms with Crippen LogP contribution in [0, 0.1) is 5.92 Å². The molecule has 0 aromatic carbocycles. The molecule has 100 valence electrons. The summed E-state index contributed by atoms with van der Waals surface area (Å²) < 4.78 is 0. The van der Waals surface area contributed by atoms with E-state index in [4.69, 9.17) is 5.73 Å². The van der Waals surface area contributed by atoms with Gasteiger partial charge in [-0.3, -0.25) is 4.79 Å². The first-order chi connectivity index (χ1) is 8.27. The van der Waals surface area contributed by atoms with Crippen LogP contribution < -0.4 is 11.1 Å². The Morgan fingerprint density at radius 1 is 1.41 bits per heavy atom. The van der Waals surface area contributed by atoms with Gasteiger partial charge in [-0.15, -0.1) is 0 Å². The van der Waals surface area contributed by atoms with Crippen molar-refractivity contribution in [3.63, 3.8) is 0 Å². The highest BCUT2D eigenvalue weighted by Crippen LogP contribution is 2.07. The first-order valence-electron chi connectivity index (χ1n) is 6.98. The van der Waals surface area contributed by atoms with E-state index in [2.05, 4.69) is 17.1 Å². The maximum atomic E-state index is 11.8. The molecule has 1 rings (SSSR count). The number of rotatable bonds is 8. The van der Waals surface area contributed by atoms with Gasteiger partial charge in [-0.2, -0.15) is 0 Å². The van der Waals surface area contributed by atoms with E-state index in [0.29, 0.717) is 6.54 Å². The molecule has 0 saturated carbocycles. The lowest BCUT2D eigenvalue weighted by Gasteiger charge is -2.16. The first-order valence-corrected chi connectivity index (χ1v) is 6.98. The first kappa shape index (κ1) is 14.5. The second-order valence-corrected chi connectivity index (χ2v) is 4.91. The maximum absolute atomic E-state index is 11.8. The number of nitrogens with two attached hydrogens (primary N) is 1. The number of nitrogens with zero attached hydrogens (tertiary/aromatic N) is 1. The minimum Gasteiger partial charge on any atom is -0.356 e. The molecule has 1 aliphatic heterocycles. The van der Waals surface area contributed by atoms with E-state index in [1.165, 1.54) is 25.9 Å². The summed E-state index contributed by atoms with van der Waals surface area (Å²) in [6.45, 7) is 6.91. The molecule has 0 aliphatic carbocycles. The van der Waals surface area contributed by atoms with Crippen molar-refractivity contribution in [2.24, 2.45) is 11.7 Å². The predicted molar refractivity (Wildman–Crippen MR) is 70.8 cm³/mol. The number of carbonyl (C=O) groups excluding carboxylic acids is 1. The Kier molecular flexibility index (Phi) is 7.21. The number of hydrogen-bond donors (Lipinski definition) is 2. The fraction of sp³-hybridized carbons (Fsp3) is 0.923. The summed E-state index contributed by atoms with van der Waals surface area (Å²) in [6.07, 6.45) is 5.63. The molecule has 1 atom stereocenters. The van der Waals surface area contributed by atoms with E-state index >= 15 is 0 Å². The van der Waals surface area contributed by atoms with E-state index in [9.17, 15) is 4.79 Å². The molecule has 0 aromatic rings. The van der Waals surface area contributed by atoms with Crippen LogP contribution in [0.1, 0.15) is 39.0 Å². The SMILES string of the molecule is CCCC(CN)C(=O)NCCCN1CCCC1. The van der Waals surface area contributed by atoms with E-state index in [0.717, 1.165) is 32.4 Å². The molecule has 0 aromatic heterocycles. The number of likely N-dealkylation sites (tertiary alicyclic amines) is 1. The summed E-state index contributed by atoms with van der Waals surface area (Å²) in [5.41, 5.74) is 5.59. The second-order valence-electron chi connectivity index (χ2n) is 4.91. The van der Waals surface area contributed by atoms with Gasteiger partial charge in [0.05, 0.1) is 5.92 Å². The van der Waals surface area contributed by atoms with Crippen LogP contribution in [0.2, 0.25) is 0 Å². The molecule has 4 nitrogen and oxygen atoms in total.